The zero-order valence-corrected chi connectivity index (χ0v) is 16.4. The van der Waals surface area contributed by atoms with Crippen LogP contribution in [0.1, 0.15) is 40.7 Å². The molecule has 0 aliphatic carbocycles. The molecule has 10 heteroatoms. The van der Waals surface area contributed by atoms with Gasteiger partial charge in [-0.05, 0) is 39.1 Å². The lowest BCUT2D eigenvalue weighted by molar-refractivity contribution is -0.384. The zero-order valence-electron chi connectivity index (χ0n) is 16.4. The van der Waals surface area contributed by atoms with E-state index in [1.165, 1.54) is 19.2 Å². The summed E-state index contributed by atoms with van der Waals surface area (Å²) in [4.78, 5) is 23.9. The lowest BCUT2D eigenvalue weighted by Gasteiger charge is -2.20. The van der Waals surface area contributed by atoms with Gasteiger partial charge in [-0.3, -0.25) is 15.0 Å². The highest BCUT2D eigenvalue weighted by Crippen LogP contribution is 2.26. The van der Waals surface area contributed by atoms with Gasteiger partial charge in [-0.1, -0.05) is 0 Å². The summed E-state index contributed by atoms with van der Waals surface area (Å²) in [6.07, 6.45) is 0. The standard InChI is InChI=1S/C19H20N4O6/c1-11(22(3)10-15-9-16(12(2)28-15)19(24)27-4)17-20-21-18(29-17)13-5-7-14(8-6-13)23(25)26/h5-9,11H,10H2,1-4H3. The number of nitro benzene ring substituents is 1. The van der Waals surface area contributed by atoms with Gasteiger partial charge in [0.15, 0.2) is 0 Å². The maximum Gasteiger partial charge on any atom is 0.341 e. The number of ether oxygens (including phenoxy) is 1. The first kappa shape index (κ1) is 20.2. The molecule has 152 valence electrons. The predicted molar refractivity (Wildman–Crippen MR) is 101 cm³/mol. The maximum atomic E-state index is 11.7. The maximum absolute atomic E-state index is 11.7. The molecule has 0 radical (unpaired) electrons. The minimum absolute atomic E-state index is 0.0124. The first-order chi connectivity index (χ1) is 13.8. The number of aryl methyl sites for hydroxylation is 1. The third-order valence-electron chi connectivity index (χ3n) is 4.56. The van der Waals surface area contributed by atoms with Crippen LogP contribution in [0.3, 0.4) is 0 Å². The Morgan fingerprint density at radius 1 is 1.28 bits per heavy atom. The van der Waals surface area contributed by atoms with Crippen molar-refractivity contribution >= 4 is 11.7 Å². The van der Waals surface area contributed by atoms with E-state index in [1.807, 2.05) is 18.9 Å². The number of non-ortho nitro benzene ring substituents is 1. The second-order valence-electron chi connectivity index (χ2n) is 6.51. The quantitative estimate of drug-likeness (QED) is 0.332. The molecule has 10 nitrogen and oxygen atoms in total. The second-order valence-corrected chi connectivity index (χ2v) is 6.51. The van der Waals surface area contributed by atoms with Crippen LogP contribution in [-0.4, -0.2) is 40.1 Å². The van der Waals surface area contributed by atoms with Crippen molar-refractivity contribution in [2.45, 2.75) is 26.4 Å². The van der Waals surface area contributed by atoms with Crippen molar-refractivity contribution in [3.05, 3.63) is 63.4 Å². The topological polar surface area (TPSA) is 125 Å². The molecule has 0 fully saturated rings. The zero-order chi connectivity index (χ0) is 21.1. The number of carbonyl (C=O) groups is 1. The van der Waals surface area contributed by atoms with Gasteiger partial charge in [-0.2, -0.15) is 0 Å². The van der Waals surface area contributed by atoms with Gasteiger partial charge in [-0.15, -0.1) is 10.2 Å². The second kappa shape index (κ2) is 8.23. The first-order valence-corrected chi connectivity index (χ1v) is 8.76. The summed E-state index contributed by atoms with van der Waals surface area (Å²) in [6, 6.07) is 7.30. The molecule has 1 atom stereocenters. The summed E-state index contributed by atoms with van der Waals surface area (Å²) < 4.78 is 16.1. The average Bonchev–Trinajstić information content (AvgIpc) is 3.33. The van der Waals surface area contributed by atoms with E-state index < -0.39 is 10.9 Å². The van der Waals surface area contributed by atoms with Gasteiger partial charge in [0.25, 0.3) is 5.69 Å². The highest BCUT2D eigenvalue weighted by Gasteiger charge is 2.22. The molecule has 0 N–H and O–H groups in total. The highest BCUT2D eigenvalue weighted by molar-refractivity contribution is 5.90. The van der Waals surface area contributed by atoms with E-state index in [0.29, 0.717) is 35.1 Å². The Morgan fingerprint density at radius 3 is 2.59 bits per heavy atom. The summed E-state index contributed by atoms with van der Waals surface area (Å²) in [7, 11) is 3.18. The molecule has 3 rings (SSSR count). The Labute approximate surface area is 166 Å². The van der Waals surface area contributed by atoms with Crippen LogP contribution < -0.4 is 0 Å². The van der Waals surface area contributed by atoms with Crippen LogP contribution in [0.2, 0.25) is 0 Å². The number of methoxy groups -OCH3 is 1. The Bertz CT molecular complexity index is 1020. The molecular weight excluding hydrogens is 380 g/mol. The SMILES string of the molecule is COC(=O)c1cc(CN(C)C(C)c2nnc(-c3ccc([N+](=O)[O-])cc3)o2)oc1C. The van der Waals surface area contributed by atoms with Crippen molar-refractivity contribution in [1.82, 2.24) is 15.1 Å². The molecule has 0 bridgehead atoms. The number of rotatable bonds is 7. The Hall–Kier alpha value is -3.53. The number of benzene rings is 1. The van der Waals surface area contributed by atoms with E-state index in [9.17, 15) is 14.9 Å². The molecule has 1 aromatic carbocycles. The summed E-state index contributed by atoms with van der Waals surface area (Å²) in [5.74, 6) is 1.31. The van der Waals surface area contributed by atoms with Crippen LogP contribution in [0, 0.1) is 17.0 Å². The smallest absolute Gasteiger partial charge is 0.341 e. The van der Waals surface area contributed by atoms with Crippen molar-refractivity contribution < 1.29 is 23.3 Å². The van der Waals surface area contributed by atoms with Crippen LogP contribution in [-0.2, 0) is 11.3 Å². The van der Waals surface area contributed by atoms with Crippen molar-refractivity contribution in [2.75, 3.05) is 14.2 Å². The van der Waals surface area contributed by atoms with E-state index in [2.05, 4.69) is 10.2 Å². The summed E-state index contributed by atoms with van der Waals surface area (Å²) in [6.45, 7) is 4.01. The number of furan rings is 1. The van der Waals surface area contributed by atoms with E-state index >= 15 is 0 Å². The molecule has 1 unspecified atom stereocenters. The lowest BCUT2D eigenvalue weighted by Crippen LogP contribution is -2.22. The summed E-state index contributed by atoms with van der Waals surface area (Å²) in [5, 5.41) is 18.9. The number of nitrogens with zero attached hydrogens (tertiary/aromatic N) is 4. The number of hydrogen-bond donors (Lipinski definition) is 0. The van der Waals surface area contributed by atoms with Crippen LogP contribution in [0.15, 0.2) is 39.2 Å². The number of esters is 1. The molecule has 0 aliphatic rings. The van der Waals surface area contributed by atoms with Gasteiger partial charge in [0.2, 0.25) is 11.8 Å². The van der Waals surface area contributed by atoms with Gasteiger partial charge >= 0.3 is 5.97 Å². The lowest BCUT2D eigenvalue weighted by atomic mass is 10.2. The average molecular weight is 400 g/mol. The van der Waals surface area contributed by atoms with Crippen LogP contribution in [0.5, 0.6) is 0 Å². The Morgan fingerprint density at radius 2 is 1.97 bits per heavy atom. The third kappa shape index (κ3) is 4.32. The summed E-state index contributed by atoms with van der Waals surface area (Å²) >= 11 is 0. The fourth-order valence-corrected chi connectivity index (χ4v) is 2.75. The molecule has 0 aliphatic heterocycles. The van der Waals surface area contributed by atoms with Crippen molar-refractivity contribution in [3.63, 3.8) is 0 Å². The van der Waals surface area contributed by atoms with Gasteiger partial charge in [-0.25, -0.2) is 4.79 Å². The molecule has 0 saturated carbocycles. The normalized spacial score (nSPS) is 12.2. The van der Waals surface area contributed by atoms with Crippen molar-refractivity contribution in [1.29, 1.82) is 0 Å². The van der Waals surface area contributed by atoms with Crippen LogP contribution in [0.4, 0.5) is 5.69 Å². The third-order valence-corrected chi connectivity index (χ3v) is 4.56. The minimum atomic E-state index is -0.470. The molecule has 0 saturated heterocycles. The Kier molecular flexibility index (Phi) is 5.74. The fraction of sp³-hybridized carbons (Fsp3) is 0.316. The molecule has 29 heavy (non-hydrogen) atoms. The molecule has 2 aromatic heterocycles. The first-order valence-electron chi connectivity index (χ1n) is 8.76. The van der Waals surface area contributed by atoms with Crippen LogP contribution >= 0.6 is 0 Å². The minimum Gasteiger partial charge on any atom is -0.465 e. The van der Waals surface area contributed by atoms with E-state index in [1.54, 1.807) is 25.1 Å². The monoisotopic (exact) mass is 400 g/mol. The molecule has 2 heterocycles. The molecule has 0 amide bonds. The highest BCUT2D eigenvalue weighted by atomic mass is 16.6. The van der Waals surface area contributed by atoms with Crippen LogP contribution in [0.25, 0.3) is 11.5 Å². The fourth-order valence-electron chi connectivity index (χ4n) is 2.75. The van der Waals surface area contributed by atoms with E-state index in [-0.39, 0.29) is 17.6 Å². The van der Waals surface area contributed by atoms with Gasteiger partial charge < -0.3 is 13.6 Å². The molecular formula is C19H20N4O6. The molecule has 3 aromatic rings. The largest absolute Gasteiger partial charge is 0.465 e. The molecule has 0 spiro atoms. The predicted octanol–water partition coefficient (Wildman–Crippen LogP) is 3.53. The van der Waals surface area contributed by atoms with Gasteiger partial charge in [0.05, 0.1) is 24.6 Å². The van der Waals surface area contributed by atoms with Gasteiger partial charge in [0.1, 0.15) is 17.1 Å². The van der Waals surface area contributed by atoms with Crippen molar-refractivity contribution in [2.24, 2.45) is 0 Å². The number of aromatic nitrogens is 2. The number of nitro groups is 1. The summed E-state index contributed by atoms with van der Waals surface area (Å²) in [5.41, 5.74) is 0.969. The Balaban J connectivity index is 1.71. The van der Waals surface area contributed by atoms with Gasteiger partial charge in [0, 0.05) is 17.7 Å². The van der Waals surface area contributed by atoms with Crippen molar-refractivity contribution in [3.8, 4) is 11.5 Å². The number of carbonyl (C=O) groups excluding carboxylic acids is 1. The number of hydrogen-bond acceptors (Lipinski definition) is 9. The van der Waals surface area contributed by atoms with E-state index in [4.69, 9.17) is 13.6 Å². The van der Waals surface area contributed by atoms with E-state index in [0.717, 1.165) is 0 Å².